The van der Waals surface area contributed by atoms with E-state index < -0.39 is 17.6 Å². The smallest absolute Gasteiger partial charge is 0.320 e. The fourth-order valence-corrected chi connectivity index (χ4v) is 2.28. The predicted molar refractivity (Wildman–Crippen MR) is 71.3 cm³/mol. The molecule has 0 aliphatic carbocycles. The van der Waals surface area contributed by atoms with Crippen molar-refractivity contribution in [3.8, 4) is 0 Å². The van der Waals surface area contributed by atoms with Crippen molar-refractivity contribution >= 4 is 34.5 Å². The van der Waals surface area contributed by atoms with Gasteiger partial charge in [-0.3, -0.25) is 4.79 Å². The summed E-state index contributed by atoms with van der Waals surface area (Å²) >= 11 is 6.80. The van der Waals surface area contributed by atoms with Gasteiger partial charge in [0.1, 0.15) is 5.69 Å². The number of thiazole rings is 1. The fourth-order valence-electron chi connectivity index (χ4n) is 1.51. The molecule has 0 bridgehead atoms. The molecule has 0 radical (unpaired) electrons. The summed E-state index contributed by atoms with van der Waals surface area (Å²) in [6.07, 6.45) is -4.61. The second-order valence-corrected chi connectivity index (χ2v) is 5.39. The number of carbonyl (C=O) groups is 1. The number of rotatable bonds is 2. The molecule has 1 aromatic carbocycles. The number of halogens is 4. The quantitative estimate of drug-likeness (QED) is 0.892. The Morgan fingerprint density at radius 2 is 2.10 bits per heavy atom. The Balaban J connectivity index is 2.32. The largest absolute Gasteiger partial charge is 0.418 e. The first-order valence-corrected chi connectivity index (χ1v) is 6.63. The van der Waals surface area contributed by atoms with Crippen LogP contribution in [0.15, 0.2) is 23.6 Å². The topological polar surface area (TPSA) is 42.0 Å². The number of amides is 1. The average molecular weight is 321 g/mol. The van der Waals surface area contributed by atoms with E-state index in [1.54, 1.807) is 6.92 Å². The van der Waals surface area contributed by atoms with Crippen LogP contribution in [-0.4, -0.2) is 10.9 Å². The molecule has 0 unspecified atom stereocenters. The predicted octanol–water partition coefficient (Wildman–Crippen LogP) is 4.38. The van der Waals surface area contributed by atoms with Gasteiger partial charge in [-0.1, -0.05) is 11.6 Å². The standard InChI is InChI=1S/C12H8ClF3N2OS/c1-6-17-10(5-20-6)11(19)18-9-3-2-7(13)4-8(9)12(14,15)16/h2-5H,1H3,(H,18,19). The van der Waals surface area contributed by atoms with E-state index in [1.807, 2.05) is 0 Å². The van der Waals surface area contributed by atoms with Gasteiger partial charge in [0, 0.05) is 10.4 Å². The van der Waals surface area contributed by atoms with Crippen molar-refractivity contribution < 1.29 is 18.0 Å². The van der Waals surface area contributed by atoms with E-state index in [0.29, 0.717) is 5.01 Å². The second-order valence-electron chi connectivity index (χ2n) is 3.89. The lowest BCUT2D eigenvalue weighted by Crippen LogP contribution is -2.17. The molecule has 0 saturated carbocycles. The molecule has 20 heavy (non-hydrogen) atoms. The molecule has 3 nitrogen and oxygen atoms in total. The number of alkyl halides is 3. The van der Waals surface area contributed by atoms with E-state index in [-0.39, 0.29) is 16.4 Å². The van der Waals surface area contributed by atoms with Gasteiger partial charge in [0.2, 0.25) is 0 Å². The maximum Gasteiger partial charge on any atom is 0.418 e. The molecule has 0 spiro atoms. The van der Waals surface area contributed by atoms with E-state index in [0.717, 1.165) is 12.1 Å². The highest BCUT2D eigenvalue weighted by atomic mass is 35.5. The Hall–Kier alpha value is -1.60. The monoisotopic (exact) mass is 320 g/mol. The maximum atomic E-state index is 12.9. The summed E-state index contributed by atoms with van der Waals surface area (Å²) < 4.78 is 38.6. The SMILES string of the molecule is Cc1nc(C(=O)Nc2ccc(Cl)cc2C(F)(F)F)cs1. The molecule has 1 amide bonds. The number of carbonyl (C=O) groups excluding carboxylic acids is 1. The first-order chi connectivity index (χ1) is 9.27. The Morgan fingerprint density at radius 3 is 2.65 bits per heavy atom. The van der Waals surface area contributed by atoms with Crippen molar-refractivity contribution in [3.05, 3.63) is 44.9 Å². The summed E-state index contributed by atoms with van der Waals surface area (Å²) in [5.74, 6) is -0.692. The number of nitrogens with one attached hydrogen (secondary N) is 1. The molecule has 2 rings (SSSR count). The lowest BCUT2D eigenvalue weighted by Gasteiger charge is -2.13. The van der Waals surface area contributed by atoms with Gasteiger partial charge in [-0.05, 0) is 25.1 Å². The van der Waals surface area contributed by atoms with Gasteiger partial charge < -0.3 is 5.32 Å². The van der Waals surface area contributed by atoms with Crippen LogP contribution in [-0.2, 0) is 6.18 Å². The first-order valence-electron chi connectivity index (χ1n) is 5.37. The van der Waals surface area contributed by atoms with Crippen LogP contribution in [0, 0.1) is 6.92 Å². The molecule has 0 fully saturated rings. The van der Waals surface area contributed by atoms with Gasteiger partial charge >= 0.3 is 6.18 Å². The highest BCUT2D eigenvalue weighted by molar-refractivity contribution is 7.09. The highest BCUT2D eigenvalue weighted by Crippen LogP contribution is 2.36. The summed E-state index contributed by atoms with van der Waals surface area (Å²) in [7, 11) is 0. The minimum absolute atomic E-state index is 0.0557. The fraction of sp³-hybridized carbons (Fsp3) is 0.167. The van der Waals surface area contributed by atoms with Crippen LogP contribution in [0.3, 0.4) is 0 Å². The summed E-state index contributed by atoms with van der Waals surface area (Å²) in [5.41, 5.74) is -1.27. The molecule has 0 aliphatic rings. The third kappa shape index (κ3) is 3.29. The molecule has 1 heterocycles. The number of hydrogen-bond acceptors (Lipinski definition) is 3. The van der Waals surface area contributed by atoms with Gasteiger partial charge in [-0.2, -0.15) is 13.2 Å². The van der Waals surface area contributed by atoms with Gasteiger partial charge in [-0.15, -0.1) is 11.3 Å². The molecular formula is C12H8ClF3N2OS. The average Bonchev–Trinajstić information content (AvgIpc) is 2.77. The third-order valence-corrected chi connectivity index (χ3v) is 3.40. The maximum absolute atomic E-state index is 12.9. The van der Waals surface area contributed by atoms with Crippen LogP contribution in [0.25, 0.3) is 0 Å². The van der Waals surface area contributed by atoms with Gasteiger partial charge in [-0.25, -0.2) is 4.98 Å². The number of anilines is 1. The molecular weight excluding hydrogens is 313 g/mol. The van der Waals surface area contributed by atoms with Gasteiger partial charge in [0.05, 0.1) is 16.3 Å². The lowest BCUT2D eigenvalue weighted by molar-refractivity contribution is -0.136. The van der Waals surface area contributed by atoms with E-state index >= 15 is 0 Å². The number of aryl methyl sites for hydroxylation is 1. The second kappa shape index (κ2) is 5.41. The van der Waals surface area contributed by atoms with Crippen LogP contribution >= 0.6 is 22.9 Å². The van der Waals surface area contributed by atoms with E-state index in [1.165, 1.54) is 22.8 Å². The Morgan fingerprint density at radius 1 is 1.40 bits per heavy atom. The Labute approximate surface area is 121 Å². The summed E-state index contributed by atoms with van der Waals surface area (Å²) in [6.45, 7) is 1.70. The summed E-state index contributed by atoms with van der Waals surface area (Å²) in [5, 5.41) is 4.28. The first kappa shape index (κ1) is 14.8. The minimum atomic E-state index is -4.61. The van der Waals surface area contributed by atoms with Crippen molar-refractivity contribution in [2.45, 2.75) is 13.1 Å². The molecule has 0 saturated heterocycles. The Bertz CT molecular complexity index is 654. The molecule has 1 N–H and O–H groups in total. The number of hydrogen-bond donors (Lipinski definition) is 1. The van der Waals surface area contributed by atoms with Gasteiger partial charge in [0.15, 0.2) is 0 Å². The zero-order valence-electron chi connectivity index (χ0n) is 10.1. The molecule has 1 aromatic heterocycles. The van der Waals surface area contributed by atoms with Crippen LogP contribution in [0.2, 0.25) is 5.02 Å². The Kier molecular flexibility index (Phi) is 4.01. The molecule has 8 heteroatoms. The lowest BCUT2D eigenvalue weighted by atomic mass is 10.1. The number of aromatic nitrogens is 1. The van der Waals surface area contributed by atoms with E-state index in [2.05, 4.69) is 10.3 Å². The van der Waals surface area contributed by atoms with Crippen molar-refractivity contribution in [2.75, 3.05) is 5.32 Å². The number of nitrogens with zero attached hydrogens (tertiary/aromatic N) is 1. The zero-order valence-corrected chi connectivity index (χ0v) is 11.7. The molecule has 0 atom stereocenters. The summed E-state index contributed by atoms with van der Waals surface area (Å²) in [6, 6.07) is 3.16. The minimum Gasteiger partial charge on any atom is -0.320 e. The van der Waals surface area contributed by atoms with Crippen LogP contribution in [0.4, 0.5) is 18.9 Å². The van der Waals surface area contributed by atoms with Gasteiger partial charge in [0.25, 0.3) is 5.91 Å². The number of benzene rings is 1. The van der Waals surface area contributed by atoms with Crippen molar-refractivity contribution in [1.29, 1.82) is 0 Å². The molecule has 106 valence electrons. The zero-order chi connectivity index (χ0) is 14.9. The van der Waals surface area contributed by atoms with Crippen molar-refractivity contribution in [2.24, 2.45) is 0 Å². The van der Waals surface area contributed by atoms with Crippen LogP contribution in [0.5, 0.6) is 0 Å². The molecule has 2 aromatic rings. The van der Waals surface area contributed by atoms with Crippen molar-refractivity contribution in [1.82, 2.24) is 4.98 Å². The molecule has 0 aliphatic heterocycles. The van der Waals surface area contributed by atoms with Crippen LogP contribution < -0.4 is 5.32 Å². The normalized spacial score (nSPS) is 11.4. The van der Waals surface area contributed by atoms with E-state index in [4.69, 9.17) is 11.6 Å². The third-order valence-electron chi connectivity index (χ3n) is 2.39. The van der Waals surface area contributed by atoms with Crippen LogP contribution in [0.1, 0.15) is 21.1 Å². The highest BCUT2D eigenvalue weighted by Gasteiger charge is 2.34. The summed E-state index contributed by atoms with van der Waals surface area (Å²) in [4.78, 5) is 15.7. The van der Waals surface area contributed by atoms with E-state index in [9.17, 15) is 18.0 Å². The van der Waals surface area contributed by atoms with Crippen molar-refractivity contribution in [3.63, 3.8) is 0 Å².